The van der Waals surface area contributed by atoms with Crippen LogP contribution in [0.2, 0.25) is 0 Å². The van der Waals surface area contributed by atoms with Crippen molar-refractivity contribution < 1.29 is 4.74 Å². The second kappa shape index (κ2) is 8.32. The monoisotopic (exact) mass is 285 g/mol. The van der Waals surface area contributed by atoms with Gasteiger partial charge in [0.2, 0.25) is 0 Å². The molecule has 0 aromatic rings. The van der Waals surface area contributed by atoms with Crippen LogP contribution in [0.1, 0.15) is 34.6 Å². The molecule has 0 bridgehead atoms. The summed E-state index contributed by atoms with van der Waals surface area (Å²) in [5, 5.41) is 3.57. The fourth-order valence-electron chi connectivity index (χ4n) is 2.78. The first-order valence-corrected chi connectivity index (χ1v) is 8.03. The first-order valence-electron chi connectivity index (χ1n) is 8.03. The van der Waals surface area contributed by atoms with Gasteiger partial charge in [0.05, 0.1) is 6.61 Å². The van der Waals surface area contributed by atoms with Crippen molar-refractivity contribution in [2.45, 2.75) is 46.2 Å². The maximum absolute atomic E-state index is 5.41. The van der Waals surface area contributed by atoms with E-state index in [0.717, 1.165) is 45.9 Å². The van der Waals surface area contributed by atoms with Gasteiger partial charge in [0.25, 0.3) is 0 Å². The van der Waals surface area contributed by atoms with Crippen LogP contribution in [0.5, 0.6) is 0 Å². The van der Waals surface area contributed by atoms with Crippen molar-refractivity contribution in [3.8, 4) is 0 Å². The summed E-state index contributed by atoms with van der Waals surface area (Å²) in [5.74, 6) is 0.705. The van der Waals surface area contributed by atoms with Gasteiger partial charge in [-0.3, -0.25) is 9.80 Å². The summed E-state index contributed by atoms with van der Waals surface area (Å²) in [7, 11) is 1.81. The van der Waals surface area contributed by atoms with E-state index in [-0.39, 0.29) is 0 Å². The fraction of sp³-hybridized carbons (Fsp3) is 1.00. The van der Waals surface area contributed by atoms with Gasteiger partial charge in [-0.1, -0.05) is 13.8 Å². The van der Waals surface area contributed by atoms with Crippen molar-refractivity contribution in [2.24, 2.45) is 5.92 Å². The minimum Gasteiger partial charge on any atom is -0.383 e. The summed E-state index contributed by atoms with van der Waals surface area (Å²) in [4.78, 5) is 5.16. The molecule has 0 aliphatic carbocycles. The third kappa shape index (κ3) is 6.08. The first kappa shape index (κ1) is 17.9. The molecule has 1 aliphatic heterocycles. The van der Waals surface area contributed by atoms with Crippen LogP contribution >= 0.6 is 0 Å². The Balaban J connectivity index is 2.41. The third-order valence-corrected chi connectivity index (χ3v) is 4.07. The average molecular weight is 285 g/mol. The summed E-state index contributed by atoms with van der Waals surface area (Å²) in [5.41, 5.74) is 0.290. The lowest BCUT2D eigenvalue weighted by atomic mass is 10.0. The van der Waals surface area contributed by atoms with Crippen molar-refractivity contribution in [3.63, 3.8) is 0 Å². The highest BCUT2D eigenvalue weighted by Crippen LogP contribution is 2.17. The van der Waals surface area contributed by atoms with E-state index in [9.17, 15) is 0 Å². The minimum atomic E-state index is 0.290. The van der Waals surface area contributed by atoms with Gasteiger partial charge in [-0.05, 0) is 33.2 Å². The molecular weight excluding hydrogens is 250 g/mol. The molecule has 1 atom stereocenters. The van der Waals surface area contributed by atoms with Gasteiger partial charge >= 0.3 is 0 Å². The highest BCUT2D eigenvalue weighted by molar-refractivity contribution is 4.85. The summed E-state index contributed by atoms with van der Waals surface area (Å²) in [6.07, 6.45) is 0. The Kier molecular flexibility index (Phi) is 7.45. The van der Waals surface area contributed by atoms with E-state index in [1.807, 2.05) is 0 Å². The van der Waals surface area contributed by atoms with Crippen LogP contribution in [0.15, 0.2) is 0 Å². The van der Waals surface area contributed by atoms with Gasteiger partial charge in [-0.15, -0.1) is 0 Å². The Morgan fingerprint density at radius 1 is 1.05 bits per heavy atom. The molecule has 0 spiro atoms. The van der Waals surface area contributed by atoms with Crippen LogP contribution in [0, 0.1) is 5.92 Å². The van der Waals surface area contributed by atoms with Crippen LogP contribution in [0.3, 0.4) is 0 Å². The second-order valence-electron chi connectivity index (χ2n) is 7.36. The van der Waals surface area contributed by atoms with E-state index in [4.69, 9.17) is 4.74 Å². The molecule has 0 aromatic carbocycles. The minimum absolute atomic E-state index is 0.290. The van der Waals surface area contributed by atoms with E-state index < -0.39 is 0 Å². The van der Waals surface area contributed by atoms with Crippen LogP contribution in [-0.2, 0) is 4.74 Å². The Morgan fingerprint density at radius 3 is 2.10 bits per heavy atom. The first-order chi connectivity index (χ1) is 9.34. The quantitative estimate of drug-likeness (QED) is 0.770. The second-order valence-corrected chi connectivity index (χ2v) is 7.36. The van der Waals surface area contributed by atoms with Crippen LogP contribution in [0.25, 0.3) is 0 Å². The van der Waals surface area contributed by atoms with E-state index in [0.29, 0.717) is 17.5 Å². The molecule has 1 heterocycles. The van der Waals surface area contributed by atoms with Crippen molar-refractivity contribution in [1.29, 1.82) is 0 Å². The van der Waals surface area contributed by atoms with Crippen molar-refractivity contribution in [2.75, 3.05) is 53.0 Å². The molecular formula is C16H35N3O. The van der Waals surface area contributed by atoms with Gasteiger partial charge < -0.3 is 10.1 Å². The summed E-state index contributed by atoms with van der Waals surface area (Å²) in [6.45, 7) is 19.0. The van der Waals surface area contributed by atoms with Crippen LogP contribution in [-0.4, -0.2) is 74.4 Å². The normalized spacial score (nSPS) is 20.6. The zero-order chi connectivity index (χ0) is 15.2. The van der Waals surface area contributed by atoms with Crippen LogP contribution < -0.4 is 5.32 Å². The highest BCUT2D eigenvalue weighted by atomic mass is 16.5. The van der Waals surface area contributed by atoms with Crippen molar-refractivity contribution in [3.05, 3.63) is 0 Å². The molecule has 1 N–H and O–H groups in total. The molecule has 0 radical (unpaired) electrons. The molecule has 1 aliphatic rings. The molecule has 1 fully saturated rings. The van der Waals surface area contributed by atoms with E-state index in [1.54, 1.807) is 7.11 Å². The summed E-state index contributed by atoms with van der Waals surface area (Å²) < 4.78 is 5.41. The number of hydrogen-bond acceptors (Lipinski definition) is 4. The Bertz CT molecular complexity index is 255. The molecule has 4 heteroatoms. The van der Waals surface area contributed by atoms with Crippen molar-refractivity contribution in [1.82, 2.24) is 15.1 Å². The molecule has 4 nitrogen and oxygen atoms in total. The molecule has 1 unspecified atom stereocenters. The van der Waals surface area contributed by atoms with Crippen LogP contribution in [0.4, 0.5) is 0 Å². The molecule has 0 aromatic heterocycles. The molecule has 0 amide bonds. The lowest BCUT2D eigenvalue weighted by molar-refractivity contribution is 0.0188. The maximum Gasteiger partial charge on any atom is 0.0630 e. The van der Waals surface area contributed by atoms with Crippen molar-refractivity contribution >= 4 is 0 Å². The molecule has 1 saturated heterocycles. The Labute approximate surface area is 125 Å². The molecule has 20 heavy (non-hydrogen) atoms. The number of ether oxygens (including phenoxy) is 1. The zero-order valence-electron chi connectivity index (χ0n) is 14.4. The molecule has 1 rings (SSSR count). The lowest BCUT2D eigenvalue weighted by Crippen LogP contribution is -2.58. The Morgan fingerprint density at radius 2 is 1.65 bits per heavy atom. The number of piperazine rings is 1. The number of hydrogen-bond donors (Lipinski definition) is 1. The van der Waals surface area contributed by atoms with E-state index >= 15 is 0 Å². The number of nitrogens with zero attached hydrogens (tertiary/aromatic N) is 2. The summed E-state index contributed by atoms with van der Waals surface area (Å²) >= 11 is 0. The topological polar surface area (TPSA) is 27.7 Å². The predicted molar refractivity (Wildman–Crippen MR) is 86.3 cm³/mol. The van der Waals surface area contributed by atoms with Gasteiger partial charge in [-0.25, -0.2) is 0 Å². The largest absolute Gasteiger partial charge is 0.383 e. The molecule has 120 valence electrons. The standard InChI is InChI=1S/C16H35N3O/c1-14(2)11-17-12-15(13-20-6)18-7-9-19(10-8-18)16(3,4)5/h14-15,17H,7-13H2,1-6H3. The summed E-state index contributed by atoms with van der Waals surface area (Å²) in [6, 6.07) is 0.501. The fourth-order valence-corrected chi connectivity index (χ4v) is 2.78. The SMILES string of the molecule is COCC(CNCC(C)C)N1CCN(C(C)(C)C)CC1. The highest BCUT2D eigenvalue weighted by Gasteiger charge is 2.28. The average Bonchev–Trinajstić information content (AvgIpc) is 2.36. The lowest BCUT2D eigenvalue weighted by Gasteiger charge is -2.44. The van der Waals surface area contributed by atoms with Gasteiger partial charge in [0.1, 0.15) is 0 Å². The molecule has 0 saturated carbocycles. The number of nitrogens with one attached hydrogen (secondary N) is 1. The van der Waals surface area contributed by atoms with Gasteiger partial charge in [0, 0.05) is 51.4 Å². The Hall–Kier alpha value is -0.160. The third-order valence-electron chi connectivity index (χ3n) is 4.07. The van der Waals surface area contributed by atoms with Gasteiger partial charge in [-0.2, -0.15) is 0 Å². The zero-order valence-corrected chi connectivity index (χ0v) is 14.4. The smallest absolute Gasteiger partial charge is 0.0630 e. The predicted octanol–water partition coefficient (Wildman–Crippen LogP) is 1.66. The van der Waals surface area contributed by atoms with E-state index in [2.05, 4.69) is 49.7 Å². The van der Waals surface area contributed by atoms with E-state index in [1.165, 1.54) is 0 Å². The number of rotatable bonds is 7. The number of methoxy groups -OCH3 is 1. The maximum atomic E-state index is 5.41. The van der Waals surface area contributed by atoms with Gasteiger partial charge in [0.15, 0.2) is 0 Å².